The zero-order chi connectivity index (χ0) is 70.9. The van der Waals surface area contributed by atoms with E-state index in [2.05, 4.69) is 128 Å². The van der Waals surface area contributed by atoms with Gasteiger partial charge in [0.1, 0.15) is 10.0 Å². The number of thiazole rings is 2. The predicted octanol–water partition coefficient (Wildman–Crippen LogP) is 31.1. The maximum Gasteiger partial charge on any atom is 0.261 e. The molecular weight excluding hydrogens is 1400 g/mol. The van der Waals surface area contributed by atoms with E-state index in [1.165, 1.54) is 283 Å². The Labute approximate surface area is 648 Å². The Bertz CT molecular complexity index is 3710. The molecule has 8 aromatic rings. The van der Waals surface area contributed by atoms with Crippen molar-refractivity contribution in [3.63, 3.8) is 0 Å². The summed E-state index contributed by atoms with van der Waals surface area (Å²) in [6.07, 6.45) is 57.7. The fourth-order valence-electron chi connectivity index (χ4n) is 15.5. The van der Waals surface area contributed by atoms with E-state index >= 15 is 9.59 Å². The summed E-state index contributed by atoms with van der Waals surface area (Å²) in [6, 6.07) is 26.7. The largest absolute Gasteiger partial charge is 0.306 e. The van der Waals surface area contributed by atoms with Gasteiger partial charge in [-0.1, -0.05) is 291 Å². The van der Waals surface area contributed by atoms with Crippen LogP contribution in [0, 0.1) is 17.8 Å². The Hall–Kier alpha value is -4.12. The fraction of sp³-hybridized carbons (Fsp3) is 0.591. The van der Waals surface area contributed by atoms with E-state index in [0.717, 1.165) is 72.5 Å². The number of hydrogen-bond donors (Lipinski definition) is 0. The van der Waals surface area contributed by atoms with Gasteiger partial charge >= 0.3 is 0 Å². The molecule has 0 radical (unpaired) electrons. The molecule has 14 heteroatoms. The number of thiophene rings is 6. The molecule has 2 aliphatic rings. The van der Waals surface area contributed by atoms with Gasteiger partial charge in [0, 0.05) is 64.5 Å². The molecule has 0 aliphatic carbocycles. The Morgan fingerprint density at radius 3 is 0.873 bits per heavy atom. The van der Waals surface area contributed by atoms with Gasteiger partial charge < -0.3 is 9.80 Å². The smallest absolute Gasteiger partial charge is 0.261 e. The molecule has 554 valence electrons. The summed E-state index contributed by atoms with van der Waals surface area (Å²) in [5.41, 5.74) is 2.77. The summed E-state index contributed by atoms with van der Waals surface area (Å²) in [6.45, 7) is 12.9. The van der Waals surface area contributed by atoms with E-state index in [9.17, 15) is 0 Å². The number of rotatable bonds is 55. The van der Waals surface area contributed by atoms with Gasteiger partial charge in [0.25, 0.3) is 11.8 Å². The van der Waals surface area contributed by atoms with Gasteiger partial charge in [0.15, 0.2) is 0 Å². The molecule has 0 bridgehead atoms. The van der Waals surface area contributed by atoms with Crippen LogP contribution in [0.5, 0.6) is 0 Å². The highest BCUT2D eigenvalue weighted by Crippen LogP contribution is 2.52. The SMILES string of the molecule is CCCCCCCCCCCCC(CCCCCCCCCC)CN1C(=O)C2=C(c3cnc(-c4ccc(-c5ccc(-c6cccs6)s5)s4)s3)N(CC(CCCCCCCCCCCC)CCCCCCCC(CC)CCCC)C(=O)C2=C1c1cnc(-c2ccc(-c3ccc(-c4cccs4)s3)s2)s1. The van der Waals surface area contributed by atoms with Crippen molar-refractivity contribution in [2.24, 2.45) is 17.8 Å². The average Bonchev–Trinajstić information content (AvgIpc) is 1.55. The molecule has 0 aromatic carbocycles. The number of carbonyl (C=O) groups is 2. The lowest BCUT2D eigenvalue weighted by molar-refractivity contribution is -0.124. The maximum atomic E-state index is 16.6. The number of aromatic nitrogens is 2. The highest BCUT2D eigenvalue weighted by atomic mass is 32.1. The van der Waals surface area contributed by atoms with Crippen molar-refractivity contribution < 1.29 is 9.59 Å². The van der Waals surface area contributed by atoms with Crippen molar-refractivity contribution in [2.75, 3.05) is 13.1 Å². The van der Waals surface area contributed by atoms with Gasteiger partial charge in [-0.3, -0.25) is 9.59 Å². The molecule has 0 fully saturated rings. The molecule has 10 heterocycles. The average molecular weight is 1520 g/mol. The van der Waals surface area contributed by atoms with Crippen LogP contribution in [0.15, 0.2) is 107 Å². The van der Waals surface area contributed by atoms with Crippen LogP contribution in [-0.2, 0) is 9.59 Å². The zero-order valence-corrected chi connectivity index (χ0v) is 69.5. The molecule has 3 unspecified atom stereocenters. The highest BCUT2D eigenvalue weighted by molar-refractivity contribution is 7.29. The summed E-state index contributed by atoms with van der Waals surface area (Å²) < 4.78 is 0. The van der Waals surface area contributed by atoms with E-state index in [0.29, 0.717) is 36.1 Å². The molecular formula is C88H122N4O2S8. The quantitative estimate of drug-likeness (QED) is 0.0356. The fourth-order valence-corrected chi connectivity index (χ4v) is 23.4. The van der Waals surface area contributed by atoms with E-state index in [1.54, 1.807) is 68.0 Å². The third kappa shape index (κ3) is 23.9. The first kappa shape index (κ1) is 80.4. The van der Waals surface area contributed by atoms with Gasteiger partial charge in [-0.15, -0.1) is 90.7 Å². The van der Waals surface area contributed by atoms with Crippen molar-refractivity contribution in [2.45, 2.75) is 304 Å². The lowest BCUT2D eigenvalue weighted by Crippen LogP contribution is -2.34. The van der Waals surface area contributed by atoms with Crippen LogP contribution in [0.1, 0.15) is 314 Å². The summed E-state index contributed by atoms with van der Waals surface area (Å²) in [7, 11) is 0. The first-order chi connectivity index (χ1) is 50.3. The van der Waals surface area contributed by atoms with Gasteiger partial charge in [0.2, 0.25) is 0 Å². The van der Waals surface area contributed by atoms with Crippen LogP contribution in [0.25, 0.3) is 70.2 Å². The summed E-state index contributed by atoms with van der Waals surface area (Å²) >= 11 is 14.2. The van der Waals surface area contributed by atoms with Crippen LogP contribution in [0.4, 0.5) is 0 Å². The van der Waals surface area contributed by atoms with E-state index in [4.69, 9.17) is 9.97 Å². The molecule has 2 amide bonds. The van der Waals surface area contributed by atoms with Crippen molar-refractivity contribution >= 4 is 114 Å². The number of fused-ring (bicyclic) bond motifs is 1. The van der Waals surface area contributed by atoms with Gasteiger partial charge in [-0.2, -0.15) is 0 Å². The van der Waals surface area contributed by atoms with Gasteiger partial charge in [0.05, 0.1) is 42.0 Å². The lowest BCUT2D eigenvalue weighted by Gasteiger charge is -2.29. The molecule has 3 atom stereocenters. The minimum atomic E-state index is -0.0127. The molecule has 0 spiro atoms. The summed E-state index contributed by atoms with van der Waals surface area (Å²) in [5.74, 6) is 1.47. The number of nitrogens with zero attached hydrogens (tertiary/aromatic N) is 4. The summed E-state index contributed by atoms with van der Waals surface area (Å²) in [5, 5.41) is 6.18. The summed E-state index contributed by atoms with van der Waals surface area (Å²) in [4.78, 5) is 62.1. The Morgan fingerprint density at radius 1 is 0.294 bits per heavy atom. The second-order valence-electron chi connectivity index (χ2n) is 29.6. The van der Waals surface area contributed by atoms with Crippen molar-refractivity contribution in [3.8, 4) is 58.8 Å². The zero-order valence-electron chi connectivity index (χ0n) is 63.0. The number of hydrogen-bond acceptors (Lipinski definition) is 12. The topological polar surface area (TPSA) is 66.4 Å². The first-order valence-corrected chi connectivity index (χ1v) is 47.5. The molecule has 10 rings (SSSR count). The monoisotopic (exact) mass is 1520 g/mol. The molecule has 0 saturated heterocycles. The molecule has 0 N–H and O–H groups in total. The van der Waals surface area contributed by atoms with Gasteiger partial charge in [-0.25, -0.2) is 9.97 Å². The third-order valence-electron chi connectivity index (χ3n) is 21.6. The molecule has 102 heavy (non-hydrogen) atoms. The van der Waals surface area contributed by atoms with Gasteiger partial charge in [-0.05, 0) is 115 Å². The Balaban J connectivity index is 0.989. The van der Waals surface area contributed by atoms with Crippen LogP contribution in [-0.4, -0.2) is 44.7 Å². The van der Waals surface area contributed by atoms with Crippen LogP contribution >= 0.6 is 90.7 Å². The normalized spacial score (nSPS) is 14.3. The van der Waals surface area contributed by atoms with Crippen LogP contribution in [0.3, 0.4) is 0 Å². The Morgan fingerprint density at radius 2 is 0.569 bits per heavy atom. The molecule has 6 nitrogen and oxygen atoms in total. The number of amides is 2. The second-order valence-corrected chi connectivity index (χ2v) is 37.9. The van der Waals surface area contributed by atoms with E-state index < -0.39 is 0 Å². The van der Waals surface area contributed by atoms with Crippen molar-refractivity contribution in [3.05, 3.63) is 117 Å². The molecule has 0 saturated carbocycles. The Kier molecular flexibility index (Phi) is 35.4. The van der Waals surface area contributed by atoms with Crippen molar-refractivity contribution in [1.82, 2.24) is 19.8 Å². The van der Waals surface area contributed by atoms with Crippen LogP contribution < -0.4 is 0 Å². The third-order valence-corrected chi connectivity index (χ3v) is 30.8. The minimum Gasteiger partial charge on any atom is -0.306 e. The van der Waals surface area contributed by atoms with E-state index in [1.807, 2.05) is 35.1 Å². The lowest BCUT2D eigenvalue weighted by atomic mass is 9.91. The first-order valence-electron chi connectivity index (χ1n) is 40.8. The number of unbranched alkanes of at least 4 members (excludes halogenated alkanes) is 30. The van der Waals surface area contributed by atoms with Crippen LogP contribution in [0.2, 0.25) is 0 Å². The highest BCUT2D eigenvalue weighted by Gasteiger charge is 2.50. The molecule has 2 aliphatic heterocycles. The predicted molar refractivity (Wildman–Crippen MR) is 454 cm³/mol. The minimum absolute atomic E-state index is 0.0120. The second kappa shape index (κ2) is 44.9. The van der Waals surface area contributed by atoms with E-state index in [-0.39, 0.29) is 11.8 Å². The van der Waals surface area contributed by atoms with Crippen molar-refractivity contribution in [1.29, 1.82) is 0 Å². The number of carbonyl (C=O) groups excluding carboxylic acids is 2. The molecule has 8 aromatic heterocycles. The standard InChI is InChI=1S/C88H122N4O2S8/c1-6-11-15-18-21-24-26-29-33-39-47-67(46-38-32-28-23-20-17-13-8-3)64-91-83(79-62-89-85(101-79)77-58-56-75(99-77)73-54-52-71(97-73)69-50-42-60-95-69)81-82(87(91)93)84(80-63-90-86(102-80)78-59-57-76(100-78)74-55-53-72(98-74)70-51-43-61-96-70)92(88(81)94)65-68(48-40-34-30-27-25-22-19-16-12-7-2)49-41-36-31-35-37-45-66(10-5)44-14-9-4/h42-43,50-63,66-68H,6-41,44-49,64-65H2,1-5H3. The maximum absolute atomic E-state index is 16.6.